The van der Waals surface area contributed by atoms with Gasteiger partial charge in [-0.15, -0.1) is 0 Å². The van der Waals surface area contributed by atoms with Gasteiger partial charge in [0.2, 0.25) is 0 Å². The highest BCUT2D eigenvalue weighted by atomic mass is 15.0. The van der Waals surface area contributed by atoms with Gasteiger partial charge in [0.15, 0.2) is 7.28 Å². The molecule has 7 aromatic carbocycles. The minimum atomic E-state index is -0.271. The van der Waals surface area contributed by atoms with Gasteiger partial charge in [-0.3, -0.25) is 0 Å². The van der Waals surface area contributed by atoms with E-state index in [0.29, 0.717) is 0 Å². The summed E-state index contributed by atoms with van der Waals surface area (Å²) in [5.41, 5.74) is 25.8. The summed E-state index contributed by atoms with van der Waals surface area (Å²) in [7, 11) is 2.55. The number of anilines is 2. The fourth-order valence-corrected chi connectivity index (χ4v) is 13.0. The Morgan fingerprint density at radius 3 is 1.78 bits per heavy atom. The highest BCUT2D eigenvalue weighted by molar-refractivity contribution is 6.74. The summed E-state index contributed by atoms with van der Waals surface area (Å²) >= 11 is 0. The second-order valence-corrected chi connectivity index (χ2v) is 23.5. The fraction of sp³-hybridized carbons (Fsp3) is 0.344. The third-order valence-corrected chi connectivity index (χ3v) is 17.0. The van der Waals surface area contributed by atoms with Crippen LogP contribution in [-0.2, 0) is 27.1 Å². The Morgan fingerprint density at radius 2 is 1.11 bits per heavy atom. The van der Waals surface area contributed by atoms with E-state index in [1.54, 1.807) is 0 Å². The normalized spacial score (nSPS) is 18.8. The van der Waals surface area contributed by atoms with Crippen LogP contribution >= 0.6 is 0 Å². The van der Waals surface area contributed by atoms with E-state index in [4.69, 9.17) is 0 Å². The van der Waals surface area contributed by atoms with Crippen molar-refractivity contribution in [3.63, 3.8) is 0 Å². The molecule has 319 valence electrons. The average molecular weight is 834 g/mol. The first-order valence-electron chi connectivity index (χ1n) is 24.0. The molecule has 3 aliphatic carbocycles. The average Bonchev–Trinajstić information content (AvgIpc) is 3.70. The zero-order valence-corrected chi connectivity index (χ0v) is 40.2. The highest BCUT2D eigenvalue weighted by Gasteiger charge is 2.45. The summed E-state index contributed by atoms with van der Waals surface area (Å²) in [6.07, 6.45) is 4.78. The van der Waals surface area contributed by atoms with Crippen LogP contribution in [0.4, 0.5) is 11.4 Å². The first-order chi connectivity index (χ1) is 30.3. The number of rotatable bonds is 3. The van der Waals surface area contributed by atoms with Gasteiger partial charge < -0.3 is 9.88 Å². The van der Waals surface area contributed by atoms with Crippen LogP contribution in [0.2, 0.25) is 0 Å². The molecule has 1 N–H and O–H groups in total. The number of fused-ring (bicyclic) bond motifs is 12. The Bertz CT molecular complexity index is 3370. The molecule has 0 amide bonds. The summed E-state index contributed by atoms with van der Waals surface area (Å²) in [6.45, 7) is 29.2. The summed E-state index contributed by atoms with van der Waals surface area (Å²) in [6, 6.07) is 40.7. The lowest BCUT2D eigenvalue weighted by Gasteiger charge is -2.42. The van der Waals surface area contributed by atoms with Crippen molar-refractivity contribution in [3.05, 3.63) is 148 Å². The minimum Gasteiger partial charge on any atom is -0.355 e. The first kappa shape index (κ1) is 40.0. The minimum absolute atomic E-state index is 0.0914. The molecule has 12 rings (SSSR count). The standard InChI is InChI=1S/C61H62BN2/c1-34-17-20-36(21-18-34)63-48-23-22-39-40-30-43-45(59(7,8)27-25-57(43,3)4)32-42(40)61(11,12)54(39)53(48)52-38-16-14-13-15-37(38)51-41-31-44-46(60(9,10)28-26-58(44,5)6)33-50(41)64-49-24-19-35(2)29-47(49)62-55(52)56(51)64/h13-24,29-33,63H,25-28H2,1-12H3. The van der Waals surface area contributed by atoms with Crippen LogP contribution in [0.3, 0.4) is 0 Å². The van der Waals surface area contributed by atoms with Crippen LogP contribution in [0.1, 0.15) is 139 Å². The third-order valence-electron chi connectivity index (χ3n) is 17.0. The fourth-order valence-electron chi connectivity index (χ4n) is 13.0. The SMILES string of the molecule is Cc1ccc(Nc2ccc3c(c2-c2c4c5c(c6ccccc26)c2cc6c(cc2n5-c2ccc(C)cc2[B]4)C(C)(C)CCC6(C)C)C(C)(C)c2cc4c(cc2-3)C(C)(C)CCC4(C)C)cc1. The van der Waals surface area contributed by atoms with E-state index >= 15 is 0 Å². The lowest BCUT2D eigenvalue weighted by atomic mass is 9.57. The van der Waals surface area contributed by atoms with E-state index in [2.05, 4.69) is 203 Å². The predicted molar refractivity (Wildman–Crippen MR) is 276 cm³/mol. The van der Waals surface area contributed by atoms with Gasteiger partial charge in [0.05, 0.1) is 5.52 Å². The van der Waals surface area contributed by atoms with E-state index in [1.807, 2.05) is 0 Å². The molecule has 0 fully saturated rings. The van der Waals surface area contributed by atoms with Crippen molar-refractivity contribution in [3.8, 4) is 27.9 Å². The maximum atomic E-state index is 4.06. The molecule has 2 heterocycles. The van der Waals surface area contributed by atoms with Crippen LogP contribution < -0.4 is 16.2 Å². The molecule has 1 radical (unpaired) electrons. The molecule has 64 heavy (non-hydrogen) atoms. The Kier molecular flexibility index (Phi) is 8.03. The zero-order chi connectivity index (χ0) is 44.6. The van der Waals surface area contributed by atoms with E-state index in [9.17, 15) is 0 Å². The molecule has 4 aliphatic rings. The molecule has 0 saturated carbocycles. The summed E-state index contributed by atoms with van der Waals surface area (Å²) < 4.78 is 2.66. The van der Waals surface area contributed by atoms with Crippen molar-refractivity contribution in [2.24, 2.45) is 0 Å². The summed E-state index contributed by atoms with van der Waals surface area (Å²) in [5, 5.41) is 9.43. The van der Waals surface area contributed by atoms with E-state index in [0.717, 1.165) is 11.4 Å². The largest absolute Gasteiger partial charge is 0.355 e. The van der Waals surface area contributed by atoms with Crippen molar-refractivity contribution in [1.82, 2.24) is 4.57 Å². The van der Waals surface area contributed by atoms with Crippen LogP contribution in [0.15, 0.2) is 103 Å². The number of hydrogen-bond donors (Lipinski definition) is 1. The van der Waals surface area contributed by atoms with Gasteiger partial charge in [-0.05, 0) is 170 Å². The first-order valence-corrected chi connectivity index (χ1v) is 24.0. The van der Waals surface area contributed by atoms with Gasteiger partial charge >= 0.3 is 0 Å². The van der Waals surface area contributed by atoms with Gasteiger partial charge in [0, 0.05) is 44.3 Å². The number of nitrogens with zero attached hydrogens (tertiary/aromatic N) is 1. The zero-order valence-electron chi connectivity index (χ0n) is 40.2. The van der Waals surface area contributed by atoms with Crippen molar-refractivity contribution >= 4 is 62.2 Å². The monoisotopic (exact) mass is 834 g/mol. The van der Waals surface area contributed by atoms with Crippen molar-refractivity contribution in [2.75, 3.05) is 5.32 Å². The molecule has 0 unspecified atom stereocenters. The van der Waals surface area contributed by atoms with Crippen LogP contribution in [0.5, 0.6) is 0 Å². The molecule has 0 atom stereocenters. The molecule has 0 saturated heterocycles. The lowest BCUT2D eigenvalue weighted by Crippen LogP contribution is -2.38. The van der Waals surface area contributed by atoms with Gasteiger partial charge in [-0.1, -0.05) is 146 Å². The topological polar surface area (TPSA) is 17.0 Å². The van der Waals surface area contributed by atoms with Crippen LogP contribution in [0, 0.1) is 13.8 Å². The van der Waals surface area contributed by atoms with Crippen molar-refractivity contribution in [1.29, 1.82) is 0 Å². The van der Waals surface area contributed by atoms with Crippen LogP contribution in [0.25, 0.3) is 60.5 Å². The maximum Gasteiger partial charge on any atom is 0.197 e. The number of aryl methyl sites for hydroxylation is 2. The Morgan fingerprint density at radius 1 is 0.516 bits per heavy atom. The molecular weight excluding hydrogens is 771 g/mol. The lowest BCUT2D eigenvalue weighted by molar-refractivity contribution is 0.331. The molecule has 0 bridgehead atoms. The van der Waals surface area contributed by atoms with Gasteiger partial charge in [0.25, 0.3) is 0 Å². The third kappa shape index (κ3) is 5.39. The Hall–Kier alpha value is -5.54. The van der Waals surface area contributed by atoms with E-state index in [-0.39, 0.29) is 27.1 Å². The second kappa shape index (κ2) is 12.8. The van der Waals surface area contributed by atoms with Gasteiger partial charge in [-0.25, -0.2) is 0 Å². The van der Waals surface area contributed by atoms with Crippen LogP contribution in [-0.4, -0.2) is 11.8 Å². The summed E-state index contributed by atoms with van der Waals surface area (Å²) in [4.78, 5) is 0. The number of aromatic nitrogens is 1. The molecular formula is C61H62BN2. The molecule has 2 nitrogen and oxygen atoms in total. The Balaban J connectivity index is 1.25. The second-order valence-electron chi connectivity index (χ2n) is 23.5. The van der Waals surface area contributed by atoms with Gasteiger partial charge in [0.1, 0.15) is 0 Å². The van der Waals surface area contributed by atoms with Crippen molar-refractivity contribution in [2.45, 2.75) is 136 Å². The molecule has 3 heteroatoms. The van der Waals surface area contributed by atoms with E-state index < -0.39 is 0 Å². The molecule has 1 aromatic heterocycles. The quantitative estimate of drug-likeness (QED) is 0.176. The highest BCUT2D eigenvalue weighted by Crippen LogP contribution is 2.59. The predicted octanol–water partition coefficient (Wildman–Crippen LogP) is 14.9. The van der Waals surface area contributed by atoms with Crippen molar-refractivity contribution < 1.29 is 0 Å². The molecule has 0 spiro atoms. The summed E-state index contributed by atoms with van der Waals surface area (Å²) in [5.74, 6) is 0. The maximum absolute atomic E-state index is 4.06. The van der Waals surface area contributed by atoms with Gasteiger partial charge in [-0.2, -0.15) is 0 Å². The smallest absolute Gasteiger partial charge is 0.197 e. The van der Waals surface area contributed by atoms with E-state index in [1.165, 1.54) is 142 Å². The molecule has 8 aromatic rings. The number of benzene rings is 7. The Labute approximate surface area is 381 Å². The number of hydrogen-bond acceptors (Lipinski definition) is 1. The molecule has 1 aliphatic heterocycles. The number of nitrogens with one attached hydrogen (secondary N) is 1.